The van der Waals surface area contributed by atoms with E-state index in [9.17, 15) is 22.8 Å². The summed E-state index contributed by atoms with van der Waals surface area (Å²) in [5, 5.41) is 16.2. The second-order valence-corrected chi connectivity index (χ2v) is 10.3. The van der Waals surface area contributed by atoms with Crippen LogP contribution in [0.1, 0.15) is 57.4 Å². The molecule has 1 aliphatic heterocycles. The molecule has 1 heterocycles. The third kappa shape index (κ3) is 10.1. The van der Waals surface area contributed by atoms with E-state index in [0.29, 0.717) is 24.1 Å². The average molecular weight is 554 g/mol. The Bertz CT molecular complexity index is 1020. The number of aryl methyl sites for hydroxylation is 1. The van der Waals surface area contributed by atoms with Crippen LogP contribution in [0, 0.1) is 11.8 Å². The molecule has 1 aromatic rings. The standard InChI is InChI=1S/C29H40F4N4O2/c1-3-29(32,33)39-27-11-7-5-9-22(27)8-4-6-10-24-20(2)16-25(26(37-38)18-36-24)35-17-21-12-14-23(15-13-21)34-19-28(30)31/h3,5,7,9,11,16,18,20-21,23,28,34-35,37-38H,1,4,6,8,10,12-15,17,19H2,2H3/p+1. The van der Waals surface area contributed by atoms with Gasteiger partial charge in [-0.05, 0) is 75.0 Å². The fourth-order valence-corrected chi connectivity index (χ4v) is 5.04. The Morgan fingerprint density at radius 3 is 2.59 bits per heavy atom. The number of unbranched alkanes of at least 4 members (excludes halogenated alkanes) is 1. The molecule has 1 atom stereocenters. The van der Waals surface area contributed by atoms with E-state index in [2.05, 4.69) is 35.2 Å². The van der Waals surface area contributed by atoms with Gasteiger partial charge in [-0.1, -0.05) is 31.7 Å². The van der Waals surface area contributed by atoms with Crippen molar-refractivity contribution in [3.8, 4) is 5.75 Å². The summed E-state index contributed by atoms with van der Waals surface area (Å²) < 4.78 is 57.0. The predicted octanol–water partition coefficient (Wildman–Crippen LogP) is 5.33. The van der Waals surface area contributed by atoms with Crippen molar-refractivity contribution in [3.05, 3.63) is 66.2 Å². The first kappa shape index (κ1) is 30.8. The van der Waals surface area contributed by atoms with Crippen LogP contribution >= 0.6 is 0 Å². The molecule has 1 unspecified atom stereocenters. The third-order valence-electron chi connectivity index (χ3n) is 7.34. The lowest BCUT2D eigenvalue weighted by molar-refractivity contribution is -0.849. The lowest BCUT2D eigenvalue weighted by Crippen LogP contribution is -2.79. The molecule has 1 saturated carbocycles. The quantitative estimate of drug-likeness (QED) is 0.102. The number of nitrogens with one attached hydrogen (secondary N) is 2. The van der Waals surface area contributed by atoms with Gasteiger partial charge in [0, 0.05) is 30.3 Å². The number of nitrogens with zero attached hydrogens (tertiary/aromatic N) is 1. The van der Waals surface area contributed by atoms with Crippen LogP contribution in [0.5, 0.6) is 5.75 Å². The molecule has 39 heavy (non-hydrogen) atoms. The topological polar surface area (TPSA) is 82.5 Å². The van der Waals surface area contributed by atoms with Gasteiger partial charge in [-0.25, -0.2) is 14.0 Å². The number of allylic oxidation sites excluding steroid dienone is 1. The first-order valence-electron chi connectivity index (χ1n) is 13.7. The predicted molar refractivity (Wildman–Crippen MR) is 144 cm³/mol. The number of alkyl halides is 4. The highest BCUT2D eigenvalue weighted by molar-refractivity contribution is 5.89. The first-order valence-corrected chi connectivity index (χ1v) is 13.7. The number of ether oxygens (including phenoxy) is 1. The van der Waals surface area contributed by atoms with E-state index in [0.717, 1.165) is 73.9 Å². The summed E-state index contributed by atoms with van der Waals surface area (Å²) in [7, 11) is 0. The zero-order chi connectivity index (χ0) is 28.3. The monoisotopic (exact) mass is 553 g/mol. The molecule has 3 rings (SSSR count). The van der Waals surface area contributed by atoms with Gasteiger partial charge in [0.05, 0.1) is 18.4 Å². The highest BCUT2D eigenvalue weighted by atomic mass is 19.3. The van der Waals surface area contributed by atoms with Gasteiger partial charge in [0.25, 0.3) is 6.43 Å². The lowest BCUT2D eigenvalue weighted by Gasteiger charge is -2.29. The molecule has 6 nitrogen and oxygen atoms in total. The highest BCUT2D eigenvalue weighted by Crippen LogP contribution is 2.28. The summed E-state index contributed by atoms with van der Waals surface area (Å²) in [4.78, 5) is 4.63. The van der Waals surface area contributed by atoms with Crippen molar-refractivity contribution in [1.29, 1.82) is 0 Å². The van der Waals surface area contributed by atoms with Gasteiger partial charge in [-0.3, -0.25) is 4.99 Å². The van der Waals surface area contributed by atoms with Crippen molar-refractivity contribution < 1.29 is 33.0 Å². The number of benzene rings is 1. The van der Waals surface area contributed by atoms with E-state index in [1.165, 1.54) is 6.07 Å². The Kier molecular flexibility index (Phi) is 12.0. The molecule has 1 aliphatic carbocycles. The lowest BCUT2D eigenvalue weighted by atomic mass is 9.86. The van der Waals surface area contributed by atoms with Crippen LogP contribution in [0.4, 0.5) is 17.6 Å². The molecule has 0 amide bonds. The summed E-state index contributed by atoms with van der Waals surface area (Å²) in [6, 6.07) is 6.95. The Balaban J connectivity index is 1.48. The van der Waals surface area contributed by atoms with Crippen molar-refractivity contribution >= 4 is 5.71 Å². The van der Waals surface area contributed by atoms with Crippen LogP contribution in [0.15, 0.2) is 65.6 Å². The van der Waals surface area contributed by atoms with Crippen LogP contribution in [-0.4, -0.2) is 42.6 Å². The third-order valence-corrected chi connectivity index (χ3v) is 7.34. The van der Waals surface area contributed by atoms with Crippen LogP contribution in [-0.2, 0) is 6.42 Å². The first-order chi connectivity index (χ1) is 18.7. The normalized spacial score (nSPS) is 22.0. The summed E-state index contributed by atoms with van der Waals surface area (Å²) in [5.74, 6) is 0.648. The van der Waals surface area contributed by atoms with Gasteiger partial charge in [-0.2, -0.15) is 14.3 Å². The molecule has 0 aromatic heterocycles. The fourth-order valence-electron chi connectivity index (χ4n) is 5.04. The van der Waals surface area contributed by atoms with E-state index in [4.69, 9.17) is 4.74 Å². The largest absolute Gasteiger partial charge is 0.429 e. The molecular weight excluding hydrogens is 512 g/mol. The maximum absolute atomic E-state index is 13.6. The number of aliphatic imine (C=N–C) groups is 1. The van der Waals surface area contributed by atoms with E-state index in [-0.39, 0.29) is 24.3 Å². The van der Waals surface area contributed by atoms with Gasteiger partial charge >= 0.3 is 6.11 Å². The number of para-hydroxylation sites is 1. The van der Waals surface area contributed by atoms with Gasteiger partial charge in [0.15, 0.2) is 0 Å². The van der Waals surface area contributed by atoms with Gasteiger partial charge < -0.3 is 15.4 Å². The number of rotatable bonds is 15. The van der Waals surface area contributed by atoms with E-state index in [1.54, 1.807) is 24.4 Å². The molecule has 2 aliphatic rings. The van der Waals surface area contributed by atoms with Crippen molar-refractivity contribution in [2.24, 2.45) is 16.8 Å². The second kappa shape index (κ2) is 15.2. The maximum Gasteiger partial charge on any atom is 0.419 e. The molecule has 0 spiro atoms. The molecule has 0 radical (unpaired) electrons. The zero-order valence-electron chi connectivity index (χ0n) is 22.5. The zero-order valence-corrected chi connectivity index (χ0v) is 22.5. The molecular formula is C29H41F4N4O2+. The summed E-state index contributed by atoms with van der Waals surface area (Å²) in [6.07, 6.45) is 5.09. The fraction of sp³-hybridized carbons (Fsp3) is 0.552. The minimum Gasteiger partial charge on any atom is -0.429 e. The van der Waals surface area contributed by atoms with E-state index in [1.807, 2.05) is 0 Å². The van der Waals surface area contributed by atoms with Gasteiger partial charge in [0.1, 0.15) is 5.75 Å². The summed E-state index contributed by atoms with van der Waals surface area (Å²) in [5.41, 5.74) is 4.20. The van der Waals surface area contributed by atoms with Crippen molar-refractivity contribution in [2.45, 2.75) is 76.9 Å². The molecule has 0 bridgehead atoms. The maximum atomic E-state index is 13.6. The van der Waals surface area contributed by atoms with Crippen LogP contribution in [0.3, 0.4) is 0 Å². The molecule has 5 N–H and O–H groups in total. The number of hydrogen-bond acceptors (Lipinski definition) is 5. The van der Waals surface area contributed by atoms with Crippen molar-refractivity contribution in [1.82, 2.24) is 10.6 Å². The average Bonchev–Trinajstić information content (AvgIpc) is 3.07. The molecule has 1 fully saturated rings. The summed E-state index contributed by atoms with van der Waals surface area (Å²) in [6.45, 7) is 5.68. The molecule has 216 valence electrons. The SMILES string of the molecule is C=CC(F)(F)Oc1ccccc1CCCCC1=NC=C([NH2+]O)C(NCC2CCC(NCC(F)F)CC2)=CC1C. The van der Waals surface area contributed by atoms with Gasteiger partial charge in [-0.15, -0.1) is 0 Å². The highest BCUT2D eigenvalue weighted by Gasteiger charge is 2.27. The second-order valence-electron chi connectivity index (χ2n) is 10.3. The Hall–Kier alpha value is -2.69. The van der Waals surface area contributed by atoms with Crippen LogP contribution in [0.25, 0.3) is 0 Å². The van der Waals surface area contributed by atoms with Crippen LogP contribution in [0.2, 0.25) is 0 Å². The Morgan fingerprint density at radius 1 is 1.18 bits per heavy atom. The van der Waals surface area contributed by atoms with E-state index >= 15 is 0 Å². The number of quaternary nitrogens is 1. The molecule has 0 saturated heterocycles. The minimum absolute atomic E-state index is 0.0531. The van der Waals surface area contributed by atoms with E-state index < -0.39 is 12.5 Å². The van der Waals surface area contributed by atoms with Crippen molar-refractivity contribution in [2.75, 3.05) is 13.1 Å². The summed E-state index contributed by atoms with van der Waals surface area (Å²) >= 11 is 0. The van der Waals surface area contributed by atoms with Crippen molar-refractivity contribution in [3.63, 3.8) is 0 Å². The Morgan fingerprint density at radius 2 is 1.90 bits per heavy atom. The molecule has 1 aromatic carbocycles. The number of hydrogen-bond donors (Lipinski definition) is 4. The smallest absolute Gasteiger partial charge is 0.419 e. The Labute approximate surface area is 228 Å². The van der Waals surface area contributed by atoms with Gasteiger partial charge in [0.2, 0.25) is 5.70 Å². The number of hydroxylamine groups is 1. The minimum atomic E-state index is -3.42. The van der Waals surface area contributed by atoms with Crippen LogP contribution < -0.4 is 20.9 Å². The number of halogens is 4. The number of nitrogens with two attached hydrogens (primary N) is 1. The molecule has 10 heteroatoms.